The molecule has 0 radical (unpaired) electrons. The zero-order valence-electron chi connectivity index (χ0n) is 13.4. The molecule has 0 spiro atoms. The van der Waals surface area contributed by atoms with Crippen LogP contribution in [0.5, 0.6) is 0 Å². The Morgan fingerprint density at radius 3 is 2.62 bits per heavy atom. The summed E-state index contributed by atoms with van der Waals surface area (Å²) in [6.45, 7) is 0. The van der Waals surface area contributed by atoms with Gasteiger partial charge in [-0.25, -0.2) is 4.68 Å². The van der Waals surface area contributed by atoms with Gasteiger partial charge in [0.2, 0.25) is 0 Å². The first kappa shape index (κ1) is 18.9. The first-order chi connectivity index (χ1) is 12.2. The Morgan fingerprint density at radius 2 is 1.96 bits per heavy atom. The molecule has 0 unspecified atom stereocenters. The van der Waals surface area contributed by atoms with E-state index in [2.05, 4.69) is 10.3 Å². The van der Waals surface area contributed by atoms with Crippen molar-refractivity contribution in [3.8, 4) is 11.3 Å². The van der Waals surface area contributed by atoms with Gasteiger partial charge in [0.05, 0.1) is 18.5 Å². The molecule has 1 aromatic carbocycles. The Balaban J connectivity index is 1.80. The molecule has 11 nitrogen and oxygen atoms in total. The molecular formula is C14H19N4O7P. The van der Waals surface area contributed by atoms with Crippen LogP contribution in [0.25, 0.3) is 11.3 Å². The lowest BCUT2D eigenvalue weighted by molar-refractivity contribution is -0.0832. The van der Waals surface area contributed by atoms with Gasteiger partial charge in [0.25, 0.3) is 0 Å². The number of aliphatic hydroxyl groups excluding tert-OH is 3. The zero-order valence-corrected chi connectivity index (χ0v) is 14.3. The normalized spacial score (nSPS) is 27.6. The Kier molecular flexibility index (Phi) is 5.13. The highest BCUT2D eigenvalue weighted by atomic mass is 31.2. The number of nitrogens with two attached hydrogens (primary N) is 1. The van der Waals surface area contributed by atoms with Gasteiger partial charge in [0.1, 0.15) is 24.0 Å². The van der Waals surface area contributed by atoms with Crippen LogP contribution >= 0.6 is 7.60 Å². The van der Waals surface area contributed by atoms with E-state index < -0.39 is 44.4 Å². The second-order valence-corrected chi connectivity index (χ2v) is 7.75. The summed E-state index contributed by atoms with van der Waals surface area (Å²) < 4.78 is 17.6. The number of benzene rings is 1. The standard InChI is InChI=1S/C14H19N4O7P/c15-8-4-2-1-3-7(8)9-5-18(17-16-9)14-12(21)11(20)13(25-14)10(19)6-26(22,23)24/h1-5,10-14,19-21H,6,15H2,(H2,22,23,24)/t10-,11+,12-,13-,14-/m1/s1. The van der Waals surface area contributed by atoms with Gasteiger partial charge in [-0.05, 0) is 6.07 Å². The number of aliphatic hydroxyl groups is 3. The minimum atomic E-state index is -4.53. The lowest BCUT2D eigenvalue weighted by atomic mass is 10.1. The van der Waals surface area contributed by atoms with E-state index in [0.717, 1.165) is 4.68 Å². The Hall–Kier alpha value is -1.85. The highest BCUT2D eigenvalue weighted by Crippen LogP contribution is 2.39. The van der Waals surface area contributed by atoms with Crippen molar-refractivity contribution >= 4 is 13.3 Å². The highest BCUT2D eigenvalue weighted by Gasteiger charge is 2.48. The molecule has 2 aromatic rings. The van der Waals surface area contributed by atoms with Gasteiger partial charge in [0.15, 0.2) is 6.23 Å². The average molecular weight is 386 g/mol. The summed E-state index contributed by atoms with van der Waals surface area (Å²) in [5, 5.41) is 37.9. The van der Waals surface area contributed by atoms with E-state index in [-0.39, 0.29) is 0 Å². The van der Waals surface area contributed by atoms with Gasteiger partial charge < -0.3 is 35.6 Å². The van der Waals surface area contributed by atoms with E-state index in [0.29, 0.717) is 16.9 Å². The van der Waals surface area contributed by atoms with Crippen molar-refractivity contribution in [3.63, 3.8) is 0 Å². The fourth-order valence-corrected chi connectivity index (χ4v) is 3.52. The summed E-state index contributed by atoms with van der Waals surface area (Å²) in [7, 11) is -4.53. The maximum atomic E-state index is 11.0. The lowest BCUT2D eigenvalue weighted by Gasteiger charge is -2.21. The number of para-hydroxylation sites is 1. The molecule has 26 heavy (non-hydrogen) atoms. The average Bonchev–Trinajstić information content (AvgIpc) is 3.13. The largest absolute Gasteiger partial charge is 0.398 e. The molecular weight excluding hydrogens is 367 g/mol. The Morgan fingerprint density at radius 1 is 1.27 bits per heavy atom. The maximum absolute atomic E-state index is 11.0. The van der Waals surface area contributed by atoms with E-state index in [1.54, 1.807) is 24.3 Å². The molecule has 1 aromatic heterocycles. The summed E-state index contributed by atoms with van der Waals surface area (Å²) in [4.78, 5) is 17.9. The molecule has 3 rings (SSSR count). The van der Waals surface area contributed by atoms with Crippen LogP contribution in [-0.2, 0) is 9.30 Å². The summed E-state index contributed by atoms with van der Waals surface area (Å²) in [6, 6.07) is 6.95. The summed E-state index contributed by atoms with van der Waals surface area (Å²) in [6.07, 6.45) is -6.74. The number of hydrogen-bond donors (Lipinski definition) is 6. The molecule has 0 bridgehead atoms. The molecule has 1 aliphatic rings. The highest BCUT2D eigenvalue weighted by molar-refractivity contribution is 7.51. The van der Waals surface area contributed by atoms with Gasteiger partial charge in [-0.2, -0.15) is 0 Å². The quantitative estimate of drug-likeness (QED) is 0.266. The molecule has 2 heterocycles. The minimum Gasteiger partial charge on any atom is -0.398 e. The van der Waals surface area contributed by atoms with E-state index in [4.69, 9.17) is 20.3 Å². The minimum absolute atomic E-state index is 0.410. The van der Waals surface area contributed by atoms with Crippen LogP contribution in [0.15, 0.2) is 30.5 Å². The van der Waals surface area contributed by atoms with Crippen molar-refractivity contribution in [1.82, 2.24) is 15.0 Å². The van der Waals surface area contributed by atoms with Crippen molar-refractivity contribution < 1.29 is 34.4 Å². The van der Waals surface area contributed by atoms with E-state index in [1.807, 2.05) is 0 Å². The van der Waals surface area contributed by atoms with Crippen LogP contribution in [0.2, 0.25) is 0 Å². The van der Waals surface area contributed by atoms with Crippen molar-refractivity contribution in [2.75, 3.05) is 11.9 Å². The molecule has 142 valence electrons. The van der Waals surface area contributed by atoms with Crippen molar-refractivity contribution in [2.45, 2.75) is 30.6 Å². The van der Waals surface area contributed by atoms with Crippen LogP contribution < -0.4 is 5.73 Å². The van der Waals surface area contributed by atoms with Gasteiger partial charge in [-0.1, -0.05) is 23.4 Å². The number of rotatable bonds is 5. The number of nitrogens with zero attached hydrogens (tertiary/aromatic N) is 3. The van der Waals surface area contributed by atoms with Crippen molar-refractivity contribution in [2.24, 2.45) is 0 Å². The third kappa shape index (κ3) is 3.79. The fraction of sp³-hybridized carbons (Fsp3) is 0.429. The molecule has 7 N–H and O–H groups in total. The van der Waals surface area contributed by atoms with Gasteiger partial charge in [0, 0.05) is 11.3 Å². The molecule has 1 fully saturated rings. The topological polar surface area (TPSA) is 184 Å². The Labute approximate surface area is 147 Å². The van der Waals surface area contributed by atoms with Gasteiger partial charge >= 0.3 is 7.60 Å². The molecule has 1 saturated heterocycles. The molecule has 0 amide bonds. The van der Waals surface area contributed by atoms with E-state index in [1.165, 1.54) is 6.20 Å². The summed E-state index contributed by atoms with van der Waals surface area (Å²) in [5.41, 5.74) is 7.38. The predicted molar refractivity (Wildman–Crippen MR) is 88.7 cm³/mol. The van der Waals surface area contributed by atoms with Crippen LogP contribution in [0.1, 0.15) is 6.23 Å². The molecule has 0 aliphatic carbocycles. The second-order valence-electron chi connectivity index (χ2n) is 6.06. The van der Waals surface area contributed by atoms with Crippen LogP contribution in [0.3, 0.4) is 0 Å². The smallest absolute Gasteiger partial charge is 0.328 e. The number of ether oxygens (including phenoxy) is 1. The third-order valence-electron chi connectivity index (χ3n) is 4.09. The van der Waals surface area contributed by atoms with Crippen LogP contribution in [-0.4, -0.2) is 70.7 Å². The van der Waals surface area contributed by atoms with Gasteiger partial charge in [-0.15, -0.1) is 5.10 Å². The monoisotopic (exact) mass is 386 g/mol. The second kappa shape index (κ2) is 7.05. The molecule has 1 aliphatic heterocycles. The molecule has 5 atom stereocenters. The number of anilines is 1. The lowest BCUT2D eigenvalue weighted by Crippen LogP contribution is -2.40. The van der Waals surface area contributed by atoms with Crippen LogP contribution in [0, 0.1) is 0 Å². The SMILES string of the molecule is Nc1ccccc1-c1cn([C@@H]2O[C@H]([C@H](O)CP(=O)(O)O)[C@@H](O)[C@H]2O)nn1. The number of hydrogen-bond acceptors (Lipinski definition) is 8. The first-order valence-corrected chi connectivity index (χ1v) is 9.48. The van der Waals surface area contributed by atoms with Crippen molar-refractivity contribution in [1.29, 1.82) is 0 Å². The fourth-order valence-electron chi connectivity index (χ4n) is 2.82. The first-order valence-electron chi connectivity index (χ1n) is 7.68. The van der Waals surface area contributed by atoms with E-state index >= 15 is 0 Å². The molecule has 0 saturated carbocycles. The van der Waals surface area contributed by atoms with Gasteiger partial charge in [-0.3, -0.25) is 4.57 Å². The molecule has 12 heteroatoms. The zero-order chi connectivity index (χ0) is 19.1. The maximum Gasteiger partial charge on any atom is 0.328 e. The number of nitrogen functional groups attached to an aromatic ring is 1. The predicted octanol–water partition coefficient (Wildman–Crippen LogP) is -1.31. The summed E-state index contributed by atoms with van der Waals surface area (Å²) >= 11 is 0. The van der Waals surface area contributed by atoms with Crippen molar-refractivity contribution in [3.05, 3.63) is 30.5 Å². The summed E-state index contributed by atoms with van der Waals surface area (Å²) in [5.74, 6) is 0. The van der Waals surface area contributed by atoms with Crippen LogP contribution in [0.4, 0.5) is 5.69 Å². The number of aromatic nitrogens is 3. The van der Waals surface area contributed by atoms with E-state index in [9.17, 15) is 19.9 Å². The third-order valence-corrected chi connectivity index (χ3v) is 4.94. The Bertz CT molecular complexity index is 825.